The Kier molecular flexibility index (Phi) is 5.68. The van der Waals surface area contributed by atoms with Crippen molar-refractivity contribution in [1.82, 2.24) is 0 Å². The first-order valence-electron chi connectivity index (χ1n) is 7.34. The van der Waals surface area contributed by atoms with Crippen molar-refractivity contribution in [3.05, 3.63) is 64.2 Å². The maximum absolute atomic E-state index is 11.9. The van der Waals surface area contributed by atoms with Gasteiger partial charge in [0.2, 0.25) is 5.91 Å². The van der Waals surface area contributed by atoms with Crippen LogP contribution in [0.25, 0.3) is 0 Å². The summed E-state index contributed by atoms with van der Waals surface area (Å²) in [7, 11) is 0. The number of nitrogens with one attached hydrogen (secondary N) is 1. The van der Waals surface area contributed by atoms with Gasteiger partial charge in [0.25, 0.3) is 5.69 Å². The molecule has 0 aliphatic heterocycles. The largest absolute Gasteiger partial charge is 0.493 e. The molecule has 0 unspecified atom stereocenters. The Balaban J connectivity index is 1.79. The molecule has 0 atom stereocenters. The molecule has 6 heteroatoms. The molecule has 0 saturated heterocycles. The summed E-state index contributed by atoms with van der Waals surface area (Å²) < 4.78 is 5.41. The Bertz CT molecular complexity index is 683. The molecule has 120 valence electrons. The van der Waals surface area contributed by atoms with E-state index in [0.717, 1.165) is 17.7 Å². The number of benzene rings is 2. The van der Waals surface area contributed by atoms with E-state index < -0.39 is 4.92 Å². The number of carbonyl (C=O) groups excluding carboxylic acids is 1. The molecule has 23 heavy (non-hydrogen) atoms. The van der Waals surface area contributed by atoms with Gasteiger partial charge < -0.3 is 10.1 Å². The summed E-state index contributed by atoms with van der Waals surface area (Å²) in [5.74, 6) is 0.358. The molecule has 0 aromatic heterocycles. The number of carbonyl (C=O) groups is 1. The van der Waals surface area contributed by atoms with Crippen LogP contribution >= 0.6 is 0 Å². The number of hydrogen-bond donors (Lipinski definition) is 1. The lowest BCUT2D eigenvalue weighted by atomic mass is 10.1. The van der Waals surface area contributed by atoms with Gasteiger partial charge in [-0.3, -0.25) is 14.9 Å². The number of hydrogen-bond acceptors (Lipinski definition) is 4. The van der Waals surface area contributed by atoms with Crippen LogP contribution in [0.4, 0.5) is 11.4 Å². The number of amides is 1. The molecule has 2 aromatic rings. The second-order valence-electron chi connectivity index (χ2n) is 4.95. The number of non-ortho nitro benzene ring substituents is 1. The van der Waals surface area contributed by atoms with E-state index in [2.05, 4.69) is 12.2 Å². The maximum atomic E-state index is 11.9. The first kappa shape index (κ1) is 16.5. The van der Waals surface area contributed by atoms with E-state index in [-0.39, 0.29) is 24.6 Å². The van der Waals surface area contributed by atoms with E-state index in [1.165, 1.54) is 24.3 Å². The van der Waals surface area contributed by atoms with Crippen molar-refractivity contribution in [3.8, 4) is 5.75 Å². The van der Waals surface area contributed by atoms with Gasteiger partial charge in [0.1, 0.15) is 5.75 Å². The molecule has 1 amide bonds. The molecule has 0 heterocycles. The fourth-order valence-electron chi connectivity index (χ4n) is 2.02. The van der Waals surface area contributed by atoms with Crippen LogP contribution in [-0.2, 0) is 11.2 Å². The first-order chi connectivity index (χ1) is 11.1. The Morgan fingerprint density at radius 3 is 2.61 bits per heavy atom. The van der Waals surface area contributed by atoms with E-state index in [0.29, 0.717) is 5.75 Å². The number of nitro groups is 1. The van der Waals surface area contributed by atoms with E-state index in [9.17, 15) is 14.9 Å². The molecule has 0 aliphatic rings. The van der Waals surface area contributed by atoms with Crippen LogP contribution in [0.5, 0.6) is 5.75 Å². The zero-order valence-electron chi connectivity index (χ0n) is 12.8. The summed E-state index contributed by atoms with van der Waals surface area (Å²) in [5, 5.41) is 13.4. The lowest BCUT2D eigenvalue weighted by molar-refractivity contribution is -0.384. The highest BCUT2D eigenvalue weighted by molar-refractivity contribution is 5.90. The van der Waals surface area contributed by atoms with Crippen LogP contribution in [-0.4, -0.2) is 17.4 Å². The quantitative estimate of drug-likeness (QED) is 0.625. The van der Waals surface area contributed by atoms with Crippen molar-refractivity contribution >= 4 is 17.3 Å². The normalized spacial score (nSPS) is 10.1. The Morgan fingerprint density at radius 2 is 1.96 bits per heavy atom. The number of rotatable bonds is 7. The van der Waals surface area contributed by atoms with Crippen LogP contribution in [0.2, 0.25) is 0 Å². The number of nitro benzene ring substituents is 1. The van der Waals surface area contributed by atoms with Crippen molar-refractivity contribution in [2.45, 2.75) is 19.8 Å². The zero-order chi connectivity index (χ0) is 16.7. The number of ether oxygens (including phenoxy) is 1. The Labute approximate surface area is 134 Å². The van der Waals surface area contributed by atoms with Crippen LogP contribution < -0.4 is 10.1 Å². The molecule has 1 N–H and O–H groups in total. The number of nitrogens with zero attached hydrogens (tertiary/aromatic N) is 1. The molecule has 0 radical (unpaired) electrons. The SMILES string of the molecule is CCc1cccc(NC(=O)CCOc2ccc([N+](=O)[O-])cc2)c1. The molecule has 0 aliphatic carbocycles. The first-order valence-corrected chi connectivity index (χ1v) is 7.34. The molecule has 0 saturated carbocycles. The molecule has 0 fully saturated rings. The lowest BCUT2D eigenvalue weighted by Crippen LogP contribution is -2.15. The van der Waals surface area contributed by atoms with Crippen molar-refractivity contribution in [1.29, 1.82) is 0 Å². The highest BCUT2D eigenvalue weighted by atomic mass is 16.6. The third-order valence-corrected chi connectivity index (χ3v) is 3.26. The number of anilines is 1. The fraction of sp³-hybridized carbons (Fsp3) is 0.235. The van der Waals surface area contributed by atoms with Crippen molar-refractivity contribution in [3.63, 3.8) is 0 Å². The molecule has 0 spiro atoms. The van der Waals surface area contributed by atoms with Crippen LogP contribution in [0.3, 0.4) is 0 Å². The summed E-state index contributed by atoms with van der Waals surface area (Å²) in [6.07, 6.45) is 1.11. The van der Waals surface area contributed by atoms with Gasteiger partial charge in [0, 0.05) is 17.8 Å². The van der Waals surface area contributed by atoms with Gasteiger partial charge >= 0.3 is 0 Å². The monoisotopic (exact) mass is 314 g/mol. The molecule has 6 nitrogen and oxygen atoms in total. The summed E-state index contributed by atoms with van der Waals surface area (Å²) in [6, 6.07) is 13.5. The summed E-state index contributed by atoms with van der Waals surface area (Å²) >= 11 is 0. The van der Waals surface area contributed by atoms with E-state index in [1.807, 2.05) is 24.3 Å². The predicted molar refractivity (Wildman–Crippen MR) is 87.7 cm³/mol. The van der Waals surface area contributed by atoms with Gasteiger partial charge in [-0.2, -0.15) is 0 Å². The van der Waals surface area contributed by atoms with Gasteiger partial charge in [-0.05, 0) is 36.2 Å². The maximum Gasteiger partial charge on any atom is 0.269 e. The second kappa shape index (κ2) is 7.93. The average Bonchev–Trinajstić information content (AvgIpc) is 2.55. The zero-order valence-corrected chi connectivity index (χ0v) is 12.8. The smallest absolute Gasteiger partial charge is 0.269 e. The highest BCUT2D eigenvalue weighted by Gasteiger charge is 2.06. The molecule has 2 aromatic carbocycles. The third-order valence-electron chi connectivity index (χ3n) is 3.26. The summed E-state index contributed by atoms with van der Waals surface area (Å²) in [4.78, 5) is 21.9. The fourth-order valence-corrected chi connectivity index (χ4v) is 2.02. The lowest BCUT2D eigenvalue weighted by Gasteiger charge is -2.08. The predicted octanol–water partition coefficient (Wildman–Crippen LogP) is 3.56. The summed E-state index contributed by atoms with van der Waals surface area (Å²) in [5.41, 5.74) is 1.93. The van der Waals surface area contributed by atoms with Crippen molar-refractivity contribution in [2.75, 3.05) is 11.9 Å². The minimum absolute atomic E-state index is 0.00546. The van der Waals surface area contributed by atoms with E-state index in [1.54, 1.807) is 0 Å². The second-order valence-corrected chi connectivity index (χ2v) is 4.95. The van der Waals surface area contributed by atoms with Gasteiger partial charge in [-0.25, -0.2) is 0 Å². The average molecular weight is 314 g/mol. The third kappa shape index (κ3) is 5.10. The minimum atomic E-state index is -0.471. The number of aryl methyl sites for hydroxylation is 1. The van der Waals surface area contributed by atoms with Crippen molar-refractivity contribution in [2.24, 2.45) is 0 Å². The Morgan fingerprint density at radius 1 is 1.22 bits per heavy atom. The van der Waals surface area contributed by atoms with Gasteiger partial charge in [-0.15, -0.1) is 0 Å². The van der Waals surface area contributed by atoms with Crippen LogP contribution in [0, 0.1) is 10.1 Å². The standard InChI is InChI=1S/C17H18N2O4/c1-2-13-4-3-5-14(12-13)18-17(20)10-11-23-16-8-6-15(7-9-16)19(21)22/h3-9,12H,2,10-11H2,1H3,(H,18,20). The van der Waals surface area contributed by atoms with Gasteiger partial charge in [0.05, 0.1) is 18.0 Å². The molecule has 0 bridgehead atoms. The van der Waals surface area contributed by atoms with Crippen LogP contribution in [0.15, 0.2) is 48.5 Å². The molecule has 2 rings (SSSR count). The molecular weight excluding hydrogens is 296 g/mol. The highest BCUT2D eigenvalue weighted by Crippen LogP contribution is 2.17. The van der Waals surface area contributed by atoms with E-state index in [4.69, 9.17) is 4.74 Å². The van der Waals surface area contributed by atoms with Gasteiger partial charge in [0.15, 0.2) is 0 Å². The van der Waals surface area contributed by atoms with Crippen molar-refractivity contribution < 1.29 is 14.5 Å². The summed E-state index contributed by atoms with van der Waals surface area (Å²) in [6.45, 7) is 2.26. The minimum Gasteiger partial charge on any atom is -0.493 e. The molecular formula is C17H18N2O4. The Hall–Kier alpha value is -2.89. The van der Waals surface area contributed by atoms with Crippen LogP contribution in [0.1, 0.15) is 18.9 Å². The topological polar surface area (TPSA) is 81.5 Å². The van der Waals surface area contributed by atoms with E-state index >= 15 is 0 Å². The van der Waals surface area contributed by atoms with Gasteiger partial charge in [-0.1, -0.05) is 19.1 Å².